The van der Waals surface area contributed by atoms with E-state index in [-0.39, 0.29) is 35.5 Å². The highest BCUT2D eigenvalue weighted by molar-refractivity contribution is 7.09. The molecule has 7 heteroatoms. The molecule has 0 aromatic carbocycles. The third-order valence-corrected chi connectivity index (χ3v) is 9.51. The molecule has 1 saturated carbocycles. The van der Waals surface area contributed by atoms with Gasteiger partial charge in [0.2, 0.25) is 5.91 Å². The van der Waals surface area contributed by atoms with Crippen LogP contribution in [0.2, 0.25) is 0 Å². The van der Waals surface area contributed by atoms with Crippen LogP contribution in [0.15, 0.2) is 11.0 Å². The minimum absolute atomic E-state index is 0.00149. The smallest absolute Gasteiger partial charge is 0.223 e. The van der Waals surface area contributed by atoms with Gasteiger partial charge in [-0.2, -0.15) is 0 Å². The lowest BCUT2D eigenvalue weighted by atomic mass is 9.72. The molecule has 0 bridgehead atoms. The van der Waals surface area contributed by atoms with Gasteiger partial charge in [-0.25, -0.2) is 4.98 Å². The summed E-state index contributed by atoms with van der Waals surface area (Å²) in [4.78, 5) is 30.9. The molecule has 0 spiro atoms. The molecule has 2 aliphatic rings. The Kier molecular flexibility index (Phi) is 8.65. The van der Waals surface area contributed by atoms with Gasteiger partial charge in [-0.15, -0.1) is 11.3 Å². The van der Waals surface area contributed by atoms with Crippen LogP contribution in [0.1, 0.15) is 90.8 Å². The quantitative estimate of drug-likeness (QED) is 0.531. The van der Waals surface area contributed by atoms with E-state index in [1.54, 1.807) is 32.1 Å². The molecule has 3 rings (SSSR count). The van der Waals surface area contributed by atoms with Crippen molar-refractivity contribution in [3.63, 3.8) is 0 Å². The Morgan fingerprint density at radius 3 is 2.54 bits per heavy atom. The van der Waals surface area contributed by atoms with Crippen molar-refractivity contribution in [3.05, 3.63) is 21.7 Å². The van der Waals surface area contributed by atoms with E-state index in [1.165, 1.54) is 0 Å². The van der Waals surface area contributed by atoms with Crippen LogP contribution in [0.25, 0.3) is 6.08 Å². The van der Waals surface area contributed by atoms with Gasteiger partial charge in [-0.3, -0.25) is 9.59 Å². The number of nitrogens with one attached hydrogen (secondary N) is 1. The molecule has 35 heavy (non-hydrogen) atoms. The summed E-state index contributed by atoms with van der Waals surface area (Å²) < 4.78 is 0. The molecule has 3 N–H and O–H groups in total. The SMILES string of the molecule is CC(=Cc1csc(C)n1)[C@H]1C[C@@H]2C[C@@]2(C)CCC[C@@H](C)[C@@H](O)[C@H](C)C(=O)C(C)(C)[C@H](O)CC(=O)N1. The maximum atomic E-state index is 13.3. The summed E-state index contributed by atoms with van der Waals surface area (Å²) in [5.74, 6) is -0.553. The first-order valence-corrected chi connectivity index (χ1v) is 13.9. The fourth-order valence-corrected chi connectivity index (χ4v) is 6.25. The maximum Gasteiger partial charge on any atom is 0.223 e. The fourth-order valence-electron chi connectivity index (χ4n) is 5.68. The number of amides is 1. The van der Waals surface area contributed by atoms with Crippen LogP contribution < -0.4 is 5.32 Å². The monoisotopic (exact) mass is 504 g/mol. The van der Waals surface area contributed by atoms with Crippen LogP contribution in [0.4, 0.5) is 0 Å². The van der Waals surface area contributed by atoms with E-state index in [1.807, 2.05) is 32.2 Å². The van der Waals surface area contributed by atoms with Gasteiger partial charge < -0.3 is 15.5 Å². The summed E-state index contributed by atoms with van der Waals surface area (Å²) in [6, 6.07) is -0.144. The standard InChI is InChI=1S/C28H44N2O4S/c1-16-9-8-10-28(7)14-20(28)12-22(17(2)11-21-15-35-19(4)29-21)30-24(32)13-23(31)27(5,6)26(34)18(3)25(16)33/h11,15-16,18,20,22-23,25,31,33H,8-10,12-14H2,1-7H3,(H,30,32)/t16-,18+,20-,22-,23-,25-,28-/m1/s1. The maximum absolute atomic E-state index is 13.3. The van der Waals surface area contributed by atoms with Crippen molar-refractivity contribution in [1.82, 2.24) is 10.3 Å². The number of aromatic nitrogens is 1. The van der Waals surface area contributed by atoms with Crippen LogP contribution >= 0.6 is 11.3 Å². The number of Topliss-reactive ketones (excluding diaryl/α,β-unsaturated/α-hetero) is 1. The molecule has 2 fully saturated rings. The van der Waals surface area contributed by atoms with Crippen LogP contribution in [0, 0.1) is 35.5 Å². The lowest BCUT2D eigenvalue weighted by Gasteiger charge is -2.35. The van der Waals surface area contributed by atoms with Gasteiger partial charge in [0.25, 0.3) is 0 Å². The first-order chi connectivity index (χ1) is 16.2. The predicted molar refractivity (Wildman–Crippen MR) is 141 cm³/mol. The average molecular weight is 505 g/mol. The van der Waals surface area contributed by atoms with Gasteiger partial charge >= 0.3 is 0 Å². The Morgan fingerprint density at radius 1 is 1.23 bits per heavy atom. The minimum Gasteiger partial charge on any atom is -0.392 e. The second kappa shape index (κ2) is 10.8. The highest BCUT2D eigenvalue weighted by atomic mass is 32.1. The normalized spacial score (nSPS) is 37.5. The largest absolute Gasteiger partial charge is 0.392 e. The molecule has 196 valence electrons. The van der Waals surface area contributed by atoms with Crippen LogP contribution in [-0.2, 0) is 9.59 Å². The van der Waals surface area contributed by atoms with E-state index >= 15 is 0 Å². The number of ketones is 1. The molecule has 1 aliphatic carbocycles. The summed E-state index contributed by atoms with van der Waals surface area (Å²) >= 11 is 1.60. The van der Waals surface area contributed by atoms with Crippen LogP contribution in [0.5, 0.6) is 0 Å². The van der Waals surface area contributed by atoms with Gasteiger partial charge in [0.1, 0.15) is 5.78 Å². The molecule has 1 amide bonds. The average Bonchev–Trinajstić information content (AvgIpc) is 3.22. The number of aryl methyl sites for hydroxylation is 1. The summed E-state index contributed by atoms with van der Waals surface area (Å²) in [5, 5.41) is 28.0. The summed E-state index contributed by atoms with van der Waals surface area (Å²) in [7, 11) is 0. The number of aliphatic hydroxyl groups is 2. The van der Waals surface area contributed by atoms with Gasteiger partial charge in [-0.05, 0) is 68.4 Å². The molecule has 2 heterocycles. The number of thiazole rings is 1. The van der Waals surface area contributed by atoms with Crippen molar-refractivity contribution in [1.29, 1.82) is 0 Å². The lowest BCUT2D eigenvalue weighted by molar-refractivity contribution is -0.143. The molecule has 1 saturated heterocycles. The minimum atomic E-state index is -1.14. The molecule has 0 radical (unpaired) electrons. The highest BCUT2D eigenvalue weighted by Gasteiger charge is 2.50. The second-order valence-electron chi connectivity index (χ2n) is 12.0. The number of rotatable bonds is 2. The molecule has 6 nitrogen and oxygen atoms in total. The molecule has 0 unspecified atom stereocenters. The summed E-state index contributed by atoms with van der Waals surface area (Å²) in [5.41, 5.74) is 1.06. The molecule has 1 aromatic heterocycles. The Bertz CT molecular complexity index is 955. The highest BCUT2D eigenvalue weighted by Crippen LogP contribution is 2.58. The molecule has 1 aromatic rings. The van der Waals surface area contributed by atoms with E-state index in [0.29, 0.717) is 5.92 Å². The number of hydrogen-bond acceptors (Lipinski definition) is 6. The molecular formula is C28H44N2O4S. The zero-order valence-corrected chi connectivity index (χ0v) is 23.2. The lowest BCUT2D eigenvalue weighted by Crippen LogP contribution is -2.47. The Balaban J connectivity index is 1.85. The van der Waals surface area contributed by atoms with E-state index in [2.05, 4.69) is 17.2 Å². The van der Waals surface area contributed by atoms with Gasteiger partial charge in [0.15, 0.2) is 0 Å². The van der Waals surface area contributed by atoms with Crippen molar-refractivity contribution in [3.8, 4) is 0 Å². The topological polar surface area (TPSA) is 99.5 Å². The molecular weight excluding hydrogens is 460 g/mol. The zero-order chi connectivity index (χ0) is 26.1. The third kappa shape index (κ3) is 6.60. The van der Waals surface area contributed by atoms with E-state index in [9.17, 15) is 19.8 Å². The summed E-state index contributed by atoms with van der Waals surface area (Å²) in [6.45, 7) is 13.4. The number of fused-ring (bicyclic) bond motifs is 1. The predicted octanol–water partition coefficient (Wildman–Crippen LogP) is 4.92. The number of carbonyl (C=O) groups excluding carboxylic acids is 2. The number of carbonyl (C=O) groups is 2. The first kappa shape index (κ1) is 28.0. The van der Waals surface area contributed by atoms with Gasteiger partial charge in [0.05, 0.1) is 40.8 Å². The van der Waals surface area contributed by atoms with Crippen molar-refractivity contribution in [2.24, 2.45) is 28.6 Å². The van der Waals surface area contributed by atoms with E-state index in [0.717, 1.165) is 48.4 Å². The van der Waals surface area contributed by atoms with E-state index in [4.69, 9.17) is 0 Å². The van der Waals surface area contributed by atoms with E-state index < -0.39 is 23.5 Å². The number of aliphatic hydroxyl groups excluding tert-OH is 2. The molecule has 1 aliphatic heterocycles. The Hall–Kier alpha value is -1.57. The summed E-state index contributed by atoms with van der Waals surface area (Å²) in [6.07, 6.45) is 4.92. The second-order valence-corrected chi connectivity index (χ2v) is 13.1. The first-order valence-electron chi connectivity index (χ1n) is 13.0. The number of hydrogen-bond donors (Lipinski definition) is 3. The fraction of sp³-hybridized carbons (Fsp3) is 0.750. The Morgan fingerprint density at radius 2 is 1.91 bits per heavy atom. The van der Waals surface area contributed by atoms with Crippen molar-refractivity contribution < 1.29 is 19.8 Å². The molecule has 7 atom stereocenters. The Labute approximate surface area is 214 Å². The van der Waals surface area contributed by atoms with Crippen molar-refractivity contribution in [2.45, 2.75) is 105 Å². The number of nitrogens with zero attached hydrogens (tertiary/aromatic N) is 1. The van der Waals surface area contributed by atoms with Gasteiger partial charge in [-0.1, -0.05) is 41.0 Å². The zero-order valence-electron chi connectivity index (χ0n) is 22.4. The third-order valence-electron chi connectivity index (χ3n) is 8.72. The van der Waals surface area contributed by atoms with Crippen molar-refractivity contribution in [2.75, 3.05) is 0 Å². The van der Waals surface area contributed by atoms with Gasteiger partial charge in [0, 0.05) is 11.3 Å². The van der Waals surface area contributed by atoms with Crippen LogP contribution in [0.3, 0.4) is 0 Å². The van der Waals surface area contributed by atoms with Crippen molar-refractivity contribution >= 4 is 29.1 Å². The van der Waals surface area contributed by atoms with Crippen LogP contribution in [-0.4, -0.2) is 45.1 Å².